The molecule has 0 unspecified atom stereocenters. The summed E-state index contributed by atoms with van der Waals surface area (Å²) in [6.07, 6.45) is 1.63. The van der Waals surface area contributed by atoms with Crippen molar-refractivity contribution >= 4 is 11.8 Å². The topological polar surface area (TPSA) is 58.6 Å². The van der Waals surface area contributed by atoms with Crippen molar-refractivity contribution in [1.82, 2.24) is 10.2 Å². The number of benzene rings is 2. The molecule has 0 aliphatic carbocycles. The third-order valence-electron chi connectivity index (χ3n) is 4.98. The maximum atomic E-state index is 12.7. The number of nitrogens with zero attached hydrogens (tertiary/aromatic N) is 1. The minimum Gasteiger partial charge on any atom is -0.491 e. The molecule has 1 aliphatic rings. The van der Waals surface area contributed by atoms with Crippen LogP contribution in [0.2, 0.25) is 0 Å². The van der Waals surface area contributed by atoms with Gasteiger partial charge in [0.1, 0.15) is 5.75 Å². The average molecular weight is 380 g/mol. The molecule has 2 amide bonds. The molecule has 28 heavy (non-hydrogen) atoms. The monoisotopic (exact) mass is 380 g/mol. The van der Waals surface area contributed by atoms with Gasteiger partial charge < -0.3 is 15.0 Å². The molecule has 2 aromatic carbocycles. The van der Waals surface area contributed by atoms with E-state index in [1.165, 1.54) is 0 Å². The van der Waals surface area contributed by atoms with Crippen LogP contribution in [0.4, 0.5) is 0 Å². The quantitative estimate of drug-likeness (QED) is 0.858. The highest BCUT2D eigenvalue weighted by molar-refractivity contribution is 5.96. The van der Waals surface area contributed by atoms with Crippen molar-refractivity contribution in [2.75, 3.05) is 13.1 Å². The lowest BCUT2D eigenvalue weighted by Gasteiger charge is -2.32. The largest absolute Gasteiger partial charge is 0.491 e. The predicted octanol–water partition coefficient (Wildman–Crippen LogP) is 3.82. The Hall–Kier alpha value is -2.82. The molecule has 0 radical (unpaired) electrons. The van der Waals surface area contributed by atoms with Crippen LogP contribution in [-0.2, 0) is 0 Å². The Labute approximate surface area is 166 Å². The van der Waals surface area contributed by atoms with Crippen molar-refractivity contribution < 1.29 is 14.3 Å². The van der Waals surface area contributed by atoms with E-state index in [0.29, 0.717) is 24.2 Å². The number of amides is 2. The van der Waals surface area contributed by atoms with Gasteiger partial charge in [-0.3, -0.25) is 9.59 Å². The van der Waals surface area contributed by atoms with E-state index in [9.17, 15) is 9.59 Å². The highest BCUT2D eigenvalue weighted by Gasteiger charge is 2.25. The highest BCUT2D eigenvalue weighted by Crippen LogP contribution is 2.18. The van der Waals surface area contributed by atoms with Crippen LogP contribution in [0.25, 0.3) is 0 Å². The second-order valence-corrected chi connectivity index (χ2v) is 7.55. The van der Waals surface area contributed by atoms with Gasteiger partial charge in [-0.25, -0.2) is 0 Å². The molecule has 0 bridgehead atoms. The second kappa shape index (κ2) is 8.91. The van der Waals surface area contributed by atoms with Crippen molar-refractivity contribution in [2.24, 2.45) is 0 Å². The molecular formula is C23H28N2O3. The number of hydrogen-bond acceptors (Lipinski definition) is 3. The summed E-state index contributed by atoms with van der Waals surface area (Å²) in [4.78, 5) is 27.1. The fraction of sp³-hybridized carbons (Fsp3) is 0.391. The molecule has 2 aromatic rings. The zero-order chi connectivity index (χ0) is 20.1. The number of ether oxygens (including phenoxy) is 1. The summed E-state index contributed by atoms with van der Waals surface area (Å²) in [7, 11) is 0. The lowest BCUT2D eigenvalue weighted by Crippen LogP contribution is -2.46. The minimum absolute atomic E-state index is 0.0276. The summed E-state index contributed by atoms with van der Waals surface area (Å²) in [5.74, 6) is 0.757. The molecule has 1 saturated heterocycles. The summed E-state index contributed by atoms with van der Waals surface area (Å²) in [5, 5.41) is 3.11. The number of likely N-dealkylation sites (tertiary alicyclic amines) is 1. The van der Waals surface area contributed by atoms with Gasteiger partial charge in [-0.2, -0.15) is 0 Å². The van der Waals surface area contributed by atoms with Crippen molar-refractivity contribution in [3.05, 3.63) is 65.2 Å². The van der Waals surface area contributed by atoms with Crippen molar-refractivity contribution in [2.45, 2.75) is 45.8 Å². The van der Waals surface area contributed by atoms with Crippen LogP contribution in [0, 0.1) is 6.92 Å². The van der Waals surface area contributed by atoms with Gasteiger partial charge in [-0.15, -0.1) is 0 Å². The fourth-order valence-corrected chi connectivity index (χ4v) is 3.45. The third-order valence-corrected chi connectivity index (χ3v) is 4.98. The van der Waals surface area contributed by atoms with E-state index in [1.807, 2.05) is 74.2 Å². The van der Waals surface area contributed by atoms with Crippen LogP contribution in [0.1, 0.15) is 53.0 Å². The summed E-state index contributed by atoms with van der Waals surface area (Å²) < 4.78 is 5.63. The van der Waals surface area contributed by atoms with Gasteiger partial charge in [-0.1, -0.05) is 18.2 Å². The molecule has 1 heterocycles. The Morgan fingerprint density at radius 1 is 1.04 bits per heavy atom. The van der Waals surface area contributed by atoms with Gasteiger partial charge in [0, 0.05) is 30.3 Å². The van der Waals surface area contributed by atoms with Crippen LogP contribution in [0.5, 0.6) is 5.75 Å². The van der Waals surface area contributed by atoms with Crippen LogP contribution in [0.15, 0.2) is 48.5 Å². The van der Waals surface area contributed by atoms with Gasteiger partial charge in [0.05, 0.1) is 6.10 Å². The van der Waals surface area contributed by atoms with Gasteiger partial charge >= 0.3 is 0 Å². The molecular weight excluding hydrogens is 352 g/mol. The summed E-state index contributed by atoms with van der Waals surface area (Å²) >= 11 is 0. The Morgan fingerprint density at radius 3 is 2.29 bits per heavy atom. The molecule has 0 saturated carbocycles. The SMILES string of the molecule is Cc1ccccc1C(=O)NC1CCN(C(=O)c2ccc(OC(C)C)cc2)CC1. The maximum absolute atomic E-state index is 12.7. The Balaban J connectivity index is 1.52. The molecule has 148 valence electrons. The van der Waals surface area contributed by atoms with Gasteiger partial charge in [-0.05, 0) is 69.5 Å². The Morgan fingerprint density at radius 2 is 1.68 bits per heavy atom. The van der Waals surface area contributed by atoms with E-state index in [-0.39, 0.29) is 24.0 Å². The van der Waals surface area contributed by atoms with Gasteiger partial charge in [0.15, 0.2) is 0 Å². The van der Waals surface area contributed by atoms with Crippen molar-refractivity contribution in [1.29, 1.82) is 0 Å². The summed E-state index contributed by atoms with van der Waals surface area (Å²) in [5.41, 5.74) is 2.35. The lowest BCUT2D eigenvalue weighted by atomic mass is 10.0. The molecule has 5 nitrogen and oxygen atoms in total. The molecule has 1 N–H and O–H groups in total. The number of hydrogen-bond donors (Lipinski definition) is 1. The molecule has 5 heteroatoms. The smallest absolute Gasteiger partial charge is 0.253 e. The van der Waals surface area contributed by atoms with Crippen LogP contribution >= 0.6 is 0 Å². The minimum atomic E-state index is -0.0383. The zero-order valence-electron chi connectivity index (χ0n) is 16.8. The first kappa shape index (κ1) is 19.9. The van der Waals surface area contributed by atoms with E-state index >= 15 is 0 Å². The summed E-state index contributed by atoms with van der Waals surface area (Å²) in [6, 6.07) is 15.0. The maximum Gasteiger partial charge on any atom is 0.253 e. The van der Waals surface area contributed by atoms with Crippen LogP contribution < -0.4 is 10.1 Å². The summed E-state index contributed by atoms with van der Waals surface area (Å²) in [6.45, 7) is 7.17. The zero-order valence-corrected chi connectivity index (χ0v) is 16.8. The van der Waals surface area contributed by atoms with E-state index < -0.39 is 0 Å². The standard InChI is InChI=1S/C23H28N2O3/c1-16(2)28-20-10-8-18(9-11-20)23(27)25-14-12-19(13-15-25)24-22(26)21-7-5-4-6-17(21)3/h4-11,16,19H,12-15H2,1-3H3,(H,24,26). The number of carbonyl (C=O) groups excluding carboxylic acids is 2. The molecule has 0 atom stereocenters. The van der Waals surface area contributed by atoms with E-state index in [2.05, 4.69) is 5.32 Å². The number of aryl methyl sites for hydroxylation is 1. The first-order valence-corrected chi connectivity index (χ1v) is 9.86. The molecule has 3 rings (SSSR count). The number of carbonyl (C=O) groups is 2. The second-order valence-electron chi connectivity index (χ2n) is 7.55. The molecule has 0 aromatic heterocycles. The van der Waals surface area contributed by atoms with Crippen LogP contribution in [-0.4, -0.2) is 41.9 Å². The normalized spacial score (nSPS) is 14.8. The number of rotatable bonds is 5. The highest BCUT2D eigenvalue weighted by atomic mass is 16.5. The molecule has 1 aliphatic heterocycles. The first-order chi connectivity index (χ1) is 13.4. The Bertz CT molecular complexity index is 822. The van der Waals surface area contributed by atoms with E-state index in [4.69, 9.17) is 4.74 Å². The fourth-order valence-electron chi connectivity index (χ4n) is 3.45. The molecule has 1 fully saturated rings. The lowest BCUT2D eigenvalue weighted by molar-refractivity contribution is 0.0698. The van der Waals surface area contributed by atoms with Crippen LogP contribution in [0.3, 0.4) is 0 Å². The Kier molecular flexibility index (Phi) is 6.34. The average Bonchev–Trinajstić information content (AvgIpc) is 2.68. The molecule has 0 spiro atoms. The third kappa shape index (κ3) is 4.91. The number of piperidine rings is 1. The van der Waals surface area contributed by atoms with Crippen molar-refractivity contribution in [3.8, 4) is 5.75 Å². The van der Waals surface area contributed by atoms with E-state index in [1.54, 1.807) is 0 Å². The predicted molar refractivity (Wildman–Crippen MR) is 110 cm³/mol. The van der Waals surface area contributed by atoms with E-state index in [0.717, 1.165) is 24.2 Å². The van der Waals surface area contributed by atoms with Gasteiger partial charge in [0.25, 0.3) is 11.8 Å². The van der Waals surface area contributed by atoms with Gasteiger partial charge in [0.2, 0.25) is 0 Å². The number of nitrogens with one attached hydrogen (secondary N) is 1. The first-order valence-electron chi connectivity index (χ1n) is 9.86. The van der Waals surface area contributed by atoms with Crippen molar-refractivity contribution in [3.63, 3.8) is 0 Å².